The van der Waals surface area contributed by atoms with Gasteiger partial charge in [0.25, 0.3) is 0 Å². The quantitative estimate of drug-likeness (QED) is 0.769. The molecule has 14 heavy (non-hydrogen) atoms. The van der Waals surface area contributed by atoms with Crippen LogP contribution in [0, 0.1) is 19.7 Å². The first-order valence-electron chi connectivity index (χ1n) is 4.17. The van der Waals surface area contributed by atoms with E-state index in [-0.39, 0.29) is 17.4 Å². The first kappa shape index (κ1) is 11.1. The smallest absolute Gasteiger partial charge is 0.177 e. The second-order valence-corrected chi connectivity index (χ2v) is 3.50. The number of ketones is 1. The number of carbonyl (C=O) groups is 1. The SMILES string of the molecule is Cc1c(F)cc(Cl)c(C)c1C(=O)CN. The van der Waals surface area contributed by atoms with Crippen LogP contribution < -0.4 is 5.73 Å². The normalized spacial score (nSPS) is 10.4. The molecule has 0 aliphatic heterocycles. The van der Waals surface area contributed by atoms with Crippen molar-refractivity contribution in [1.29, 1.82) is 0 Å². The van der Waals surface area contributed by atoms with Gasteiger partial charge in [0.05, 0.1) is 6.54 Å². The Hall–Kier alpha value is -0.930. The van der Waals surface area contributed by atoms with Gasteiger partial charge < -0.3 is 5.73 Å². The molecule has 2 N–H and O–H groups in total. The van der Waals surface area contributed by atoms with E-state index in [4.69, 9.17) is 17.3 Å². The number of halogens is 2. The minimum atomic E-state index is -0.475. The lowest BCUT2D eigenvalue weighted by molar-refractivity contribution is 0.0999. The Kier molecular flexibility index (Phi) is 3.24. The predicted molar refractivity (Wildman–Crippen MR) is 54.3 cm³/mol. The van der Waals surface area contributed by atoms with Gasteiger partial charge in [-0.15, -0.1) is 0 Å². The van der Waals surface area contributed by atoms with Gasteiger partial charge >= 0.3 is 0 Å². The average molecular weight is 216 g/mol. The third-order valence-electron chi connectivity index (χ3n) is 2.18. The standard InChI is InChI=1S/C10H11ClFNO/c1-5-7(11)3-8(12)6(2)10(5)9(14)4-13/h3H,4,13H2,1-2H3. The molecule has 0 amide bonds. The zero-order valence-electron chi connectivity index (χ0n) is 8.03. The van der Waals surface area contributed by atoms with Gasteiger partial charge in [0, 0.05) is 10.6 Å². The highest BCUT2D eigenvalue weighted by atomic mass is 35.5. The molecule has 0 heterocycles. The summed E-state index contributed by atoms with van der Waals surface area (Å²) >= 11 is 5.76. The fraction of sp³-hybridized carbons (Fsp3) is 0.300. The van der Waals surface area contributed by atoms with Crippen molar-refractivity contribution in [2.45, 2.75) is 13.8 Å². The van der Waals surface area contributed by atoms with Crippen molar-refractivity contribution in [2.24, 2.45) is 5.73 Å². The minimum absolute atomic E-state index is 0.137. The summed E-state index contributed by atoms with van der Waals surface area (Å²) in [6.45, 7) is 3.08. The number of nitrogens with two attached hydrogens (primary N) is 1. The molecular formula is C10H11ClFNO. The lowest BCUT2D eigenvalue weighted by atomic mass is 9.98. The summed E-state index contributed by atoms with van der Waals surface area (Å²) in [5, 5.41) is 0.255. The fourth-order valence-corrected chi connectivity index (χ4v) is 1.56. The van der Waals surface area contributed by atoms with Crippen molar-refractivity contribution in [1.82, 2.24) is 0 Å². The van der Waals surface area contributed by atoms with E-state index in [1.165, 1.54) is 6.07 Å². The summed E-state index contributed by atoms with van der Waals surface area (Å²) in [7, 11) is 0. The van der Waals surface area contributed by atoms with Crippen molar-refractivity contribution in [3.8, 4) is 0 Å². The van der Waals surface area contributed by atoms with Gasteiger partial charge in [0.15, 0.2) is 5.78 Å². The van der Waals surface area contributed by atoms with E-state index < -0.39 is 5.82 Å². The molecule has 0 fully saturated rings. The highest BCUT2D eigenvalue weighted by Gasteiger charge is 2.16. The molecule has 4 heteroatoms. The molecule has 0 unspecified atom stereocenters. The second kappa shape index (κ2) is 4.07. The fourth-order valence-electron chi connectivity index (χ4n) is 1.37. The number of carbonyl (C=O) groups excluding carboxylic acids is 1. The van der Waals surface area contributed by atoms with Crippen LogP contribution in [-0.4, -0.2) is 12.3 Å². The van der Waals surface area contributed by atoms with Crippen molar-refractivity contribution in [3.63, 3.8) is 0 Å². The van der Waals surface area contributed by atoms with Crippen LogP contribution in [0.1, 0.15) is 21.5 Å². The topological polar surface area (TPSA) is 43.1 Å². The molecule has 0 spiro atoms. The first-order valence-corrected chi connectivity index (χ1v) is 4.55. The molecular weight excluding hydrogens is 205 g/mol. The Morgan fingerprint density at radius 3 is 2.57 bits per heavy atom. The van der Waals surface area contributed by atoms with E-state index in [2.05, 4.69) is 0 Å². The van der Waals surface area contributed by atoms with Crippen LogP contribution in [0.2, 0.25) is 5.02 Å². The molecule has 1 aromatic rings. The summed E-state index contributed by atoms with van der Waals surface area (Å²) < 4.78 is 13.2. The summed E-state index contributed by atoms with van der Waals surface area (Å²) in [5.74, 6) is -0.765. The lowest BCUT2D eigenvalue weighted by Gasteiger charge is -2.10. The van der Waals surface area contributed by atoms with Crippen LogP contribution in [-0.2, 0) is 0 Å². The van der Waals surface area contributed by atoms with Crippen LogP contribution in [0.15, 0.2) is 6.07 Å². The molecule has 76 valence electrons. The maximum atomic E-state index is 13.2. The molecule has 1 rings (SSSR count). The van der Waals surface area contributed by atoms with Crippen LogP contribution in [0.25, 0.3) is 0 Å². The zero-order chi connectivity index (χ0) is 10.9. The number of hydrogen-bond acceptors (Lipinski definition) is 2. The largest absolute Gasteiger partial charge is 0.324 e. The van der Waals surface area contributed by atoms with Crippen LogP contribution in [0.3, 0.4) is 0 Å². The van der Waals surface area contributed by atoms with E-state index in [0.717, 1.165) is 0 Å². The number of Topliss-reactive ketones (excluding diaryl/α,β-unsaturated/α-hetero) is 1. The molecule has 0 saturated carbocycles. The van der Waals surface area contributed by atoms with Gasteiger partial charge in [0.2, 0.25) is 0 Å². The molecule has 0 saturated heterocycles. The van der Waals surface area contributed by atoms with Crippen molar-refractivity contribution in [3.05, 3.63) is 33.6 Å². The summed E-state index contributed by atoms with van der Waals surface area (Å²) in [6, 6.07) is 1.21. The Balaban J connectivity index is 3.47. The third-order valence-corrected chi connectivity index (χ3v) is 2.58. The Morgan fingerprint density at radius 2 is 2.07 bits per heavy atom. The molecule has 0 bridgehead atoms. The van der Waals surface area contributed by atoms with Crippen molar-refractivity contribution < 1.29 is 9.18 Å². The Labute approximate surface area is 86.9 Å². The van der Waals surface area contributed by atoms with E-state index in [1.807, 2.05) is 0 Å². The summed E-state index contributed by atoms with van der Waals surface area (Å²) in [6.07, 6.45) is 0. The molecule has 0 atom stereocenters. The number of hydrogen-bond donors (Lipinski definition) is 1. The van der Waals surface area contributed by atoms with Crippen LogP contribution >= 0.6 is 11.6 Å². The number of rotatable bonds is 2. The third kappa shape index (κ3) is 1.79. The van der Waals surface area contributed by atoms with Gasteiger partial charge in [-0.25, -0.2) is 4.39 Å². The molecule has 1 aromatic carbocycles. The van der Waals surface area contributed by atoms with Gasteiger partial charge in [-0.05, 0) is 31.0 Å². The van der Waals surface area contributed by atoms with Crippen molar-refractivity contribution >= 4 is 17.4 Å². The van der Waals surface area contributed by atoms with Crippen LogP contribution in [0.5, 0.6) is 0 Å². The highest BCUT2D eigenvalue weighted by Crippen LogP contribution is 2.25. The average Bonchev–Trinajstić information content (AvgIpc) is 2.15. The van der Waals surface area contributed by atoms with E-state index >= 15 is 0 Å². The first-order chi connectivity index (χ1) is 6.49. The highest BCUT2D eigenvalue weighted by molar-refractivity contribution is 6.32. The summed E-state index contributed by atoms with van der Waals surface area (Å²) in [5.41, 5.74) is 6.42. The van der Waals surface area contributed by atoms with E-state index in [9.17, 15) is 9.18 Å². The number of benzene rings is 1. The molecule has 0 radical (unpaired) electrons. The maximum absolute atomic E-state index is 13.2. The molecule has 0 aliphatic carbocycles. The van der Waals surface area contributed by atoms with Crippen molar-refractivity contribution in [2.75, 3.05) is 6.54 Å². The monoisotopic (exact) mass is 215 g/mol. The van der Waals surface area contributed by atoms with Gasteiger partial charge in [-0.2, -0.15) is 0 Å². The molecule has 2 nitrogen and oxygen atoms in total. The van der Waals surface area contributed by atoms with E-state index in [0.29, 0.717) is 16.7 Å². The predicted octanol–water partition coefficient (Wildman–Crippen LogP) is 2.24. The second-order valence-electron chi connectivity index (χ2n) is 3.09. The van der Waals surface area contributed by atoms with Gasteiger partial charge in [-0.1, -0.05) is 11.6 Å². The summed E-state index contributed by atoms with van der Waals surface area (Å²) in [4.78, 5) is 11.4. The Morgan fingerprint density at radius 1 is 1.50 bits per heavy atom. The Bertz CT molecular complexity index is 364. The van der Waals surface area contributed by atoms with Gasteiger partial charge in [-0.3, -0.25) is 4.79 Å². The minimum Gasteiger partial charge on any atom is -0.324 e. The van der Waals surface area contributed by atoms with E-state index in [1.54, 1.807) is 13.8 Å². The van der Waals surface area contributed by atoms with Crippen LogP contribution in [0.4, 0.5) is 4.39 Å². The zero-order valence-corrected chi connectivity index (χ0v) is 8.78. The maximum Gasteiger partial charge on any atom is 0.177 e. The van der Waals surface area contributed by atoms with Gasteiger partial charge in [0.1, 0.15) is 5.82 Å². The molecule has 0 aliphatic rings. The molecule has 0 aromatic heterocycles. The lowest BCUT2D eigenvalue weighted by Crippen LogP contribution is -2.17.